The number of carbonyl (C=O) groups is 1. The SMILES string of the molecule is Nc1ccc(S(=O)(=O)N2CC[C@@H](CC(=O)O)[C@H](CCN(CCN3CCOCC3)c3ccccc3)C2)cc1. The molecule has 4 rings (SSSR count). The molecule has 2 heterocycles. The number of nitrogen functional groups attached to an aromatic ring is 1. The largest absolute Gasteiger partial charge is 0.481 e. The van der Waals surface area contributed by atoms with Crippen LogP contribution in [-0.2, 0) is 19.6 Å². The molecular weight excluding hydrogens is 492 g/mol. The van der Waals surface area contributed by atoms with Crippen molar-refractivity contribution in [3.05, 3.63) is 54.6 Å². The Labute approximate surface area is 219 Å². The van der Waals surface area contributed by atoms with Crippen molar-refractivity contribution in [2.45, 2.75) is 24.2 Å². The van der Waals surface area contributed by atoms with Crippen LogP contribution in [0.25, 0.3) is 0 Å². The number of nitrogens with two attached hydrogens (primary N) is 1. The average molecular weight is 531 g/mol. The zero-order valence-corrected chi connectivity index (χ0v) is 22.1. The molecule has 37 heavy (non-hydrogen) atoms. The van der Waals surface area contributed by atoms with Crippen molar-refractivity contribution in [1.82, 2.24) is 9.21 Å². The molecule has 0 saturated carbocycles. The Morgan fingerprint density at radius 1 is 1.00 bits per heavy atom. The lowest BCUT2D eigenvalue weighted by molar-refractivity contribution is -0.138. The summed E-state index contributed by atoms with van der Waals surface area (Å²) < 4.78 is 33.7. The molecule has 202 valence electrons. The van der Waals surface area contributed by atoms with Gasteiger partial charge in [-0.05, 0) is 61.1 Å². The van der Waals surface area contributed by atoms with Crippen molar-refractivity contribution in [3.63, 3.8) is 0 Å². The van der Waals surface area contributed by atoms with Crippen LogP contribution in [0.3, 0.4) is 0 Å². The van der Waals surface area contributed by atoms with Gasteiger partial charge in [-0.1, -0.05) is 18.2 Å². The zero-order valence-electron chi connectivity index (χ0n) is 21.2. The van der Waals surface area contributed by atoms with Gasteiger partial charge in [0.25, 0.3) is 0 Å². The van der Waals surface area contributed by atoms with E-state index in [1.807, 2.05) is 18.2 Å². The molecule has 0 aromatic heterocycles. The Balaban J connectivity index is 1.47. The molecule has 2 fully saturated rings. The van der Waals surface area contributed by atoms with E-state index in [-0.39, 0.29) is 23.2 Å². The Kier molecular flexibility index (Phi) is 9.42. The van der Waals surface area contributed by atoms with Gasteiger partial charge in [-0.3, -0.25) is 9.69 Å². The summed E-state index contributed by atoms with van der Waals surface area (Å²) in [5.41, 5.74) is 7.37. The van der Waals surface area contributed by atoms with E-state index in [0.717, 1.165) is 51.6 Å². The van der Waals surface area contributed by atoms with Crippen LogP contribution < -0.4 is 10.6 Å². The van der Waals surface area contributed by atoms with Gasteiger partial charge in [0.2, 0.25) is 10.0 Å². The topological polar surface area (TPSA) is 116 Å². The molecule has 2 atom stereocenters. The maximum atomic E-state index is 13.4. The van der Waals surface area contributed by atoms with Gasteiger partial charge in [-0.15, -0.1) is 0 Å². The first-order valence-electron chi connectivity index (χ1n) is 13.0. The second-order valence-electron chi connectivity index (χ2n) is 9.90. The molecule has 3 N–H and O–H groups in total. The fourth-order valence-corrected chi connectivity index (χ4v) is 6.80. The van der Waals surface area contributed by atoms with E-state index in [0.29, 0.717) is 31.6 Å². The van der Waals surface area contributed by atoms with Crippen LogP contribution in [-0.4, -0.2) is 87.7 Å². The van der Waals surface area contributed by atoms with Crippen LogP contribution in [0.1, 0.15) is 19.3 Å². The highest BCUT2D eigenvalue weighted by Gasteiger charge is 2.36. The predicted molar refractivity (Wildman–Crippen MR) is 144 cm³/mol. The number of piperidine rings is 1. The molecule has 9 nitrogen and oxygen atoms in total. The van der Waals surface area contributed by atoms with Crippen molar-refractivity contribution < 1.29 is 23.1 Å². The van der Waals surface area contributed by atoms with Crippen molar-refractivity contribution >= 4 is 27.4 Å². The number of morpholine rings is 1. The third-order valence-corrected chi connectivity index (χ3v) is 9.37. The first-order chi connectivity index (χ1) is 17.8. The van der Waals surface area contributed by atoms with Crippen LogP contribution in [0.4, 0.5) is 11.4 Å². The van der Waals surface area contributed by atoms with Crippen molar-refractivity contribution in [2.24, 2.45) is 11.8 Å². The molecule has 2 aromatic carbocycles. The second-order valence-corrected chi connectivity index (χ2v) is 11.8. The van der Waals surface area contributed by atoms with Crippen LogP contribution in [0.2, 0.25) is 0 Å². The van der Waals surface area contributed by atoms with E-state index in [1.54, 1.807) is 12.1 Å². The maximum absolute atomic E-state index is 13.4. The maximum Gasteiger partial charge on any atom is 0.303 e. The van der Waals surface area contributed by atoms with Gasteiger partial charge in [0, 0.05) is 63.6 Å². The summed E-state index contributed by atoms with van der Waals surface area (Å²) >= 11 is 0. The number of carboxylic acids is 1. The minimum Gasteiger partial charge on any atom is -0.481 e. The number of rotatable bonds is 11. The lowest BCUT2D eigenvalue weighted by Crippen LogP contribution is -2.46. The van der Waals surface area contributed by atoms with E-state index in [2.05, 4.69) is 21.9 Å². The third-order valence-electron chi connectivity index (χ3n) is 7.49. The highest BCUT2D eigenvalue weighted by atomic mass is 32.2. The van der Waals surface area contributed by atoms with Crippen LogP contribution in [0.15, 0.2) is 59.5 Å². The molecule has 2 aliphatic heterocycles. The molecule has 0 spiro atoms. The lowest BCUT2D eigenvalue weighted by atomic mass is 9.82. The minimum absolute atomic E-state index is 0.0528. The number of anilines is 2. The van der Waals surface area contributed by atoms with E-state index in [4.69, 9.17) is 10.5 Å². The summed E-state index contributed by atoms with van der Waals surface area (Å²) in [6.45, 7) is 6.47. The minimum atomic E-state index is -3.68. The molecule has 0 bridgehead atoms. The van der Waals surface area contributed by atoms with Gasteiger partial charge in [-0.2, -0.15) is 4.31 Å². The Hall–Kier alpha value is -2.66. The van der Waals surface area contributed by atoms with Crippen molar-refractivity contribution in [3.8, 4) is 0 Å². The number of aliphatic carboxylic acids is 1. The predicted octanol–water partition coefficient (Wildman–Crippen LogP) is 2.60. The Morgan fingerprint density at radius 3 is 2.38 bits per heavy atom. The zero-order chi connectivity index (χ0) is 26.3. The van der Waals surface area contributed by atoms with Gasteiger partial charge in [-0.25, -0.2) is 8.42 Å². The lowest BCUT2D eigenvalue weighted by Gasteiger charge is -2.39. The normalized spacial score (nSPS) is 21.5. The number of carboxylic acid groups (broad SMARTS) is 1. The number of benzene rings is 2. The number of hydrogen-bond acceptors (Lipinski definition) is 7. The molecule has 0 radical (unpaired) electrons. The van der Waals surface area contributed by atoms with E-state index < -0.39 is 16.0 Å². The van der Waals surface area contributed by atoms with Gasteiger partial charge < -0.3 is 20.5 Å². The van der Waals surface area contributed by atoms with Crippen LogP contribution in [0, 0.1) is 11.8 Å². The van der Waals surface area contributed by atoms with Crippen LogP contribution >= 0.6 is 0 Å². The molecule has 0 aliphatic carbocycles. The standard InChI is InChI=1S/C27H38N4O5S/c28-24-6-8-26(9-7-24)37(34,35)31-13-11-22(20-27(32)33)23(21-31)10-12-30(25-4-2-1-3-5-25)15-14-29-16-18-36-19-17-29/h1-9,22-23H,10-21,28H2,(H,32,33)/t22-,23+/m0/s1. The molecule has 0 unspecified atom stereocenters. The molecule has 0 amide bonds. The summed E-state index contributed by atoms with van der Waals surface area (Å²) in [6, 6.07) is 16.5. The summed E-state index contributed by atoms with van der Waals surface area (Å²) in [4.78, 5) is 16.6. The molecule has 2 aromatic rings. The first kappa shape index (κ1) is 27.4. The average Bonchev–Trinajstić information content (AvgIpc) is 2.90. The number of sulfonamides is 1. The van der Waals surface area contributed by atoms with Gasteiger partial charge in [0.05, 0.1) is 18.1 Å². The molecular formula is C27H38N4O5S. The monoisotopic (exact) mass is 530 g/mol. The van der Waals surface area contributed by atoms with Gasteiger partial charge >= 0.3 is 5.97 Å². The summed E-state index contributed by atoms with van der Waals surface area (Å²) in [5.74, 6) is -0.952. The Morgan fingerprint density at radius 2 is 1.70 bits per heavy atom. The fourth-order valence-electron chi connectivity index (χ4n) is 5.29. The molecule has 10 heteroatoms. The number of nitrogens with zero attached hydrogens (tertiary/aromatic N) is 3. The van der Waals surface area contributed by atoms with E-state index >= 15 is 0 Å². The third kappa shape index (κ3) is 7.44. The highest BCUT2D eigenvalue weighted by molar-refractivity contribution is 7.89. The van der Waals surface area contributed by atoms with E-state index in [1.165, 1.54) is 16.4 Å². The first-order valence-corrected chi connectivity index (χ1v) is 14.4. The summed E-state index contributed by atoms with van der Waals surface area (Å²) in [6.07, 6.45) is 1.30. The second kappa shape index (κ2) is 12.7. The molecule has 2 saturated heterocycles. The summed E-state index contributed by atoms with van der Waals surface area (Å²) in [7, 11) is -3.68. The molecule has 2 aliphatic rings. The van der Waals surface area contributed by atoms with Gasteiger partial charge in [0.1, 0.15) is 0 Å². The number of para-hydroxylation sites is 1. The number of ether oxygens (including phenoxy) is 1. The summed E-state index contributed by atoms with van der Waals surface area (Å²) in [5, 5.41) is 9.53. The van der Waals surface area contributed by atoms with Gasteiger partial charge in [0.15, 0.2) is 0 Å². The Bertz CT molecular complexity index is 1110. The number of hydrogen-bond donors (Lipinski definition) is 2. The van der Waals surface area contributed by atoms with Crippen molar-refractivity contribution in [1.29, 1.82) is 0 Å². The van der Waals surface area contributed by atoms with Crippen molar-refractivity contribution in [2.75, 3.05) is 69.7 Å². The quantitative estimate of drug-likeness (QED) is 0.426. The van der Waals surface area contributed by atoms with E-state index in [9.17, 15) is 18.3 Å². The smallest absolute Gasteiger partial charge is 0.303 e. The van der Waals surface area contributed by atoms with Crippen LogP contribution in [0.5, 0.6) is 0 Å². The fraction of sp³-hybridized carbons (Fsp3) is 0.519. The highest BCUT2D eigenvalue weighted by Crippen LogP contribution is 2.33.